The average Bonchev–Trinajstić information content (AvgIpc) is 3.08. The van der Waals surface area contributed by atoms with Gasteiger partial charge in [0.05, 0.1) is 10.6 Å². The molecule has 10 heteroatoms. The summed E-state index contributed by atoms with van der Waals surface area (Å²) in [5, 5.41) is 3.89. The first-order chi connectivity index (χ1) is 22.6. The van der Waals surface area contributed by atoms with Crippen LogP contribution in [0.25, 0.3) is 0 Å². The largest absolute Gasteiger partial charge is 0.352 e. The van der Waals surface area contributed by atoms with Crippen LogP contribution >= 0.6 is 23.2 Å². The number of nitrogens with zero attached hydrogens (tertiary/aromatic N) is 2. The van der Waals surface area contributed by atoms with Crippen LogP contribution in [-0.2, 0) is 32.6 Å². The van der Waals surface area contributed by atoms with Crippen LogP contribution < -0.4 is 9.62 Å². The molecule has 1 aliphatic carbocycles. The Bertz CT molecular complexity index is 1760. The molecule has 1 aliphatic rings. The van der Waals surface area contributed by atoms with Crippen molar-refractivity contribution in [3.63, 3.8) is 0 Å². The van der Waals surface area contributed by atoms with E-state index in [0.29, 0.717) is 26.9 Å². The van der Waals surface area contributed by atoms with Crippen molar-refractivity contribution in [2.45, 2.75) is 69.0 Å². The maximum Gasteiger partial charge on any atom is 0.264 e. The summed E-state index contributed by atoms with van der Waals surface area (Å²) in [6.45, 7) is 1.15. The summed E-state index contributed by atoms with van der Waals surface area (Å²) >= 11 is 13.2. The van der Waals surface area contributed by atoms with Crippen molar-refractivity contribution >= 4 is 50.7 Å². The van der Waals surface area contributed by atoms with Gasteiger partial charge in [0.2, 0.25) is 11.8 Å². The van der Waals surface area contributed by atoms with Gasteiger partial charge in [0.15, 0.2) is 0 Å². The lowest BCUT2D eigenvalue weighted by atomic mass is 9.94. The van der Waals surface area contributed by atoms with Gasteiger partial charge in [0.1, 0.15) is 12.6 Å². The predicted octanol–water partition coefficient (Wildman–Crippen LogP) is 7.59. The molecule has 0 heterocycles. The first-order valence-electron chi connectivity index (χ1n) is 15.8. The standard InChI is InChI=1S/C37H39Cl2N3O4S/c1-27-14-11-12-23-34(27)42(47(45,46)30-19-9-4-10-20-30)26-36(43)41(25-31-32(38)21-13-22-33(31)39)35(24-28-15-5-2-6-16-28)37(44)40-29-17-7-3-8-18-29/h2,4-6,9-16,19-23,29,35H,3,7-8,17-18,24-26H2,1H3,(H,40,44). The highest BCUT2D eigenvalue weighted by Crippen LogP contribution is 2.30. The molecule has 0 aliphatic heterocycles. The zero-order valence-electron chi connectivity index (χ0n) is 26.3. The van der Waals surface area contributed by atoms with E-state index >= 15 is 0 Å². The van der Waals surface area contributed by atoms with E-state index in [1.54, 1.807) is 61.5 Å². The summed E-state index contributed by atoms with van der Waals surface area (Å²) in [4.78, 5) is 30.5. The Hall–Kier alpha value is -3.85. The number of hydrogen-bond acceptors (Lipinski definition) is 4. The van der Waals surface area contributed by atoms with Gasteiger partial charge in [0, 0.05) is 34.6 Å². The number of anilines is 1. The third-order valence-corrected chi connectivity index (χ3v) is 11.1. The molecule has 0 radical (unpaired) electrons. The van der Waals surface area contributed by atoms with Crippen molar-refractivity contribution in [2.75, 3.05) is 10.8 Å². The Morgan fingerprint density at radius 1 is 0.809 bits per heavy atom. The third-order valence-electron chi connectivity index (χ3n) is 8.61. The van der Waals surface area contributed by atoms with Crippen LogP contribution in [0.1, 0.15) is 48.8 Å². The molecule has 1 N–H and O–H groups in total. The molecule has 5 rings (SSSR count). The Kier molecular flexibility index (Phi) is 11.6. The molecule has 0 spiro atoms. The molecule has 0 aromatic heterocycles. The highest BCUT2D eigenvalue weighted by Gasteiger charge is 2.36. The van der Waals surface area contributed by atoms with Gasteiger partial charge in [-0.25, -0.2) is 8.42 Å². The van der Waals surface area contributed by atoms with E-state index in [9.17, 15) is 18.0 Å². The maximum absolute atomic E-state index is 14.7. The van der Waals surface area contributed by atoms with Gasteiger partial charge < -0.3 is 10.2 Å². The van der Waals surface area contributed by atoms with Crippen LogP contribution in [0.4, 0.5) is 5.69 Å². The first-order valence-corrected chi connectivity index (χ1v) is 18.0. The van der Waals surface area contributed by atoms with Gasteiger partial charge in [0.25, 0.3) is 10.0 Å². The van der Waals surface area contributed by atoms with Crippen LogP contribution in [0.2, 0.25) is 10.0 Å². The molecule has 7 nitrogen and oxygen atoms in total. The van der Waals surface area contributed by atoms with Crippen molar-refractivity contribution in [1.29, 1.82) is 0 Å². The second-order valence-corrected chi connectivity index (χ2v) is 14.6. The summed E-state index contributed by atoms with van der Waals surface area (Å²) in [6.07, 6.45) is 5.11. The molecule has 2 amide bonds. The zero-order chi connectivity index (χ0) is 33.4. The molecule has 47 heavy (non-hydrogen) atoms. The van der Waals surface area contributed by atoms with Crippen molar-refractivity contribution in [1.82, 2.24) is 10.2 Å². The smallest absolute Gasteiger partial charge is 0.264 e. The summed E-state index contributed by atoms with van der Waals surface area (Å²) in [7, 11) is -4.19. The van der Waals surface area contributed by atoms with Crippen LogP contribution in [0.3, 0.4) is 0 Å². The molecule has 4 aromatic carbocycles. The topological polar surface area (TPSA) is 86.8 Å². The fraction of sp³-hybridized carbons (Fsp3) is 0.297. The summed E-state index contributed by atoms with van der Waals surface area (Å²) < 4.78 is 29.5. The molecule has 4 aromatic rings. The second kappa shape index (κ2) is 15.8. The van der Waals surface area contributed by atoms with E-state index < -0.39 is 28.5 Å². The quantitative estimate of drug-likeness (QED) is 0.166. The highest BCUT2D eigenvalue weighted by molar-refractivity contribution is 7.92. The normalized spacial score (nSPS) is 14.3. The maximum atomic E-state index is 14.7. The summed E-state index contributed by atoms with van der Waals surface area (Å²) in [5.41, 5.74) is 2.37. The van der Waals surface area contributed by atoms with Gasteiger partial charge in [-0.05, 0) is 61.2 Å². The number of nitrogens with one attached hydrogen (secondary N) is 1. The van der Waals surface area contributed by atoms with Crippen LogP contribution in [-0.4, -0.2) is 43.8 Å². The molecule has 246 valence electrons. The number of rotatable bonds is 12. The van der Waals surface area contributed by atoms with Gasteiger partial charge in [-0.1, -0.05) is 115 Å². The number of amides is 2. The number of halogens is 2. The molecule has 0 bridgehead atoms. The summed E-state index contributed by atoms with van der Waals surface area (Å²) in [5.74, 6) is -0.867. The molecule has 1 saturated carbocycles. The van der Waals surface area contributed by atoms with Gasteiger partial charge in [-0.15, -0.1) is 0 Å². The fourth-order valence-corrected chi connectivity index (χ4v) is 8.04. The Balaban J connectivity index is 1.59. The fourth-order valence-electron chi connectivity index (χ4n) is 6.03. The minimum atomic E-state index is -4.19. The third kappa shape index (κ3) is 8.55. The van der Waals surface area contributed by atoms with Gasteiger partial charge in [-0.2, -0.15) is 0 Å². The molecule has 1 unspecified atom stereocenters. The van der Waals surface area contributed by atoms with Crippen LogP contribution in [0.15, 0.2) is 108 Å². The Morgan fingerprint density at radius 2 is 1.40 bits per heavy atom. The molecular formula is C37H39Cl2N3O4S. The number of carbonyl (C=O) groups is 2. The number of para-hydroxylation sites is 1. The zero-order valence-corrected chi connectivity index (χ0v) is 28.6. The van der Waals surface area contributed by atoms with E-state index in [4.69, 9.17) is 23.2 Å². The number of hydrogen-bond donors (Lipinski definition) is 1. The number of aryl methyl sites for hydroxylation is 1. The lowest BCUT2D eigenvalue weighted by Crippen LogP contribution is -2.55. The summed E-state index contributed by atoms with van der Waals surface area (Å²) in [6, 6.07) is 28.6. The van der Waals surface area contributed by atoms with E-state index in [1.165, 1.54) is 17.0 Å². The first kappa shape index (κ1) is 34.5. The predicted molar refractivity (Wildman–Crippen MR) is 188 cm³/mol. The minimum absolute atomic E-state index is 0.00250. The van der Waals surface area contributed by atoms with Gasteiger partial charge in [-0.3, -0.25) is 13.9 Å². The van der Waals surface area contributed by atoms with Crippen LogP contribution in [0, 0.1) is 6.92 Å². The van der Waals surface area contributed by atoms with Crippen LogP contribution in [0.5, 0.6) is 0 Å². The number of benzene rings is 4. The van der Waals surface area contributed by atoms with E-state index in [1.807, 2.05) is 36.4 Å². The lowest BCUT2D eigenvalue weighted by Gasteiger charge is -2.35. The SMILES string of the molecule is Cc1ccccc1N(CC(=O)N(Cc1c(Cl)cccc1Cl)C(Cc1ccccc1)C(=O)NC1CCCCC1)S(=O)(=O)c1ccccc1. The molecule has 0 saturated heterocycles. The average molecular weight is 693 g/mol. The molecule has 1 atom stereocenters. The number of sulfonamides is 1. The lowest BCUT2D eigenvalue weighted by molar-refractivity contribution is -0.140. The highest BCUT2D eigenvalue weighted by atomic mass is 35.5. The van der Waals surface area contributed by atoms with Crippen molar-refractivity contribution in [3.8, 4) is 0 Å². The Labute approximate surface area is 287 Å². The van der Waals surface area contributed by atoms with Crippen molar-refractivity contribution < 1.29 is 18.0 Å². The number of carbonyl (C=O) groups excluding carboxylic acids is 2. The second-order valence-electron chi connectivity index (χ2n) is 11.9. The monoisotopic (exact) mass is 691 g/mol. The minimum Gasteiger partial charge on any atom is -0.352 e. The van der Waals surface area contributed by atoms with Gasteiger partial charge >= 0.3 is 0 Å². The molecular weight excluding hydrogens is 653 g/mol. The van der Waals surface area contributed by atoms with E-state index in [0.717, 1.165) is 42.0 Å². The van der Waals surface area contributed by atoms with E-state index in [2.05, 4.69) is 5.32 Å². The molecule has 1 fully saturated rings. The van der Waals surface area contributed by atoms with E-state index in [-0.39, 0.29) is 29.8 Å². The Morgan fingerprint density at radius 3 is 2.04 bits per heavy atom. The van der Waals surface area contributed by atoms with Crippen molar-refractivity contribution in [2.24, 2.45) is 0 Å². The van der Waals surface area contributed by atoms with Crippen molar-refractivity contribution in [3.05, 3.63) is 130 Å².